The van der Waals surface area contributed by atoms with Crippen molar-refractivity contribution in [2.75, 3.05) is 0 Å². The Balaban J connectivity index is 4.86. The van der Waals surface area contributed by atoms with Gasteiger partial charge in [-0.1, -0.05) is 76.2 Å². The Morgan fingerprint density at radius 3 is 1.37 bits per heavy atom. The number of rotatable bonds is 14. The minimum Gasteiger partial charge on any atom is -0.351 e. The first-order valence-corrected chi connectivity index (χ1v) is 13.6. The first kappa shape index (κ1) is 33.8. The van der Waals surface area contributed by atoms with Crippen LogP contribution in [0.15, 0.2) is 0 Å². The van der Waals surface area contributed by atoms with E-state index in [0.29, 0.717) is 30.8 Å². The predicted octanol–water partition coefficient (Wildman–Crippen LogP) is 8.31. The molecule has 4 heteroatoms. The van der Waals surface area contributed by atoms with Crippen LogP contribution < -0.4 is 5.32 Å². The Morgan fingerprint density at radius 2 is 0.943 bits per heavy atom. The molecule has 0 radical (unpaired) electrons. The summed E-state index contributed by atoms with van der Waals surface area (Å²) >= 11 is 0. The van der Waals surface area contributed by atoms with Crippen molar-refractivity contribution in [3.05, 3.63) is 0 Å². The number of Topliss-reactive ketones (excluding diaryl/α,β-unsaturated/α-hetero) is 2. The zero-order valence-electron chi connectivity index (χ0n) is 25.9. The Hall–Kier alpha value is -1.19. The Morgan fingerprint density at radius 1 is 0.514 bits per heavy atom. The average Bonchev–Trinajstić information content (AvgIpc) is 2.60. The topological polar surface area (TPSA) is 63.2 Å². The van der Waals surface area contributed by atoms with E-state index in [9.17, 15) is 14.4 Å². The molecular formula is C31H59NO3. The molecule has 1 N–H and O–H groups in total. The van der Waals surface area contributed by atoms with Crippen LogP contribution in [0, 0.1) is 27.1 Å². The van der Waals surface area contributed by atoms with Gasteiger partial charge in [-0.25, -0.2) is 0 Å². The van der Waals surface area contributed by atoms with Crippen LogP contribution in [0.2, 0.25) is 0 Å². The van der Waals surface area contributed by atoms with Crippen molar-refractivity contribution in [1.29, 1.82) is 0 Å². The Labute approximate surface area is 218 Å². The van der Waals surface area contributed by atoms with Gasteiger partial charge in [0.1, 0.15) is 11.6 Å². The van der Waals surface area contributed by atoms with E-state index in [4.69, 9.17) is 0 Å². The van der Waals surface area contributed by atoms with Crippen molar-refractivity contribution in [2.45, 2.75) is 154 Å². The third kappa shape index (κ3) is 14.8. The Kier molecular flexibility index (Phi) is 11.5. The molecule has 0 aromatic rings. The highest BCUT2D eigenvalue weighted by Crippen LogP contribution is 2.40. The third-order valence-electron chi connectivity index (χ3n) is 7.32. The van der Waals surface area contributed by atoms with Crippen LogP contribution in [0.5, 0.6) is 0 Å². The monoisotopic (exact) mass is 493 g/mol. The lowest BCUT2D eigenvalue weighted by molar-refractivity contribution is -0.130. The predicted molar refractivity (Wildman–Crippen MR) is 149 cm³/mol. The molecule has 0 aliphatic carbocycles. The third-order valence-corrected chi connectivity index (χ3v) is 7.32. The fourth-order valence-corrected chi connectivity index (χ4v) is 4.17. The quantitative estimate of drug-likeness (QED) is 0.264. The summed E-state index contributed by atoms with van der Waals surface area (Å²) < 4.78 is 0. The number of carbonyl (C=O) groups excluding carboxylic acids is 3. The van der Waals surface area contributed by atoms with Gasteiger partial charge in [0.2, 0.25) is 5.91 Å². The number of amides is 1. The van der Waals surface area contributed by atoms with E-state index in [1.54, 1.807) is 0 Å². The molecule has 4 nitrogen and oxygen atoms in total. The van der Waals surface area contributed by atoms with Crippen molar-refractivity contribution >= 4 is 17.5 Å². The number of nitrogens with one attached hydrogen (secondary N) is 1. The summed E-state index contributed by atoms with van der Waals surface area (Å²) in [5.74, 6) is 0.707. The van der Waals surface area contributed by atoms with Gasteiger partial charge in [-0.3, -0.25) is 14.4 Å². The first-order valence-electron chi connectivity index (χ1n) is 13.6. The molecule has 0 fully saturated rings. The molecule has 0 unspecified atom stereocenters. The van der Waals surface area contributed by atoms with Gasteiger partial charge in [0.25, 0.3) is 0 Å². The molecule has 206 valence electrons. The lowest BCUT2D eigenvalue weighted by Gasteiger charge is -2.35. The molecule has 0 aromatic heterocycles. The lowest BCUT2D eigenvalue weighted by atomic mass is 9.69. The Bertz CT molecular complexity index is 727. The van der Waals surface area contributed by atoms with Gasteiger partial charge < -0.3 is 5.32 Å². The van der Waals surface area contributed by atoms with Crippen molar-refractivity contribution in [2.24, 2.45) is 27.1 Å². The van der Waals surface area contributed by atoms with Crippen molar-refractivity contribution < 1.29 is 14.4 Å². The summed E-state index contributed by atoms with van der Waals surface area (Å²) in [4.78, 5) is 38.1. The minimum absolute atomic E-state index is 0.0334. The molecule has 0 aromatic carbocycles. The molecule has 0 aliphatic heterocycles. The fourth-order valence-electron chi connectivity index (χ4n) is 4.17. The van der Waals surface area contributed by atoms with Gasteiger partial charge >= 0.3 is 0 Å². The normalized spacial score (nSPS) is 14.1. The molecule has 0 spiro atoms. The van der Waals surface area contributed by atoms with Crippen LogP contribution in [0.3, 0.4) is 0 Å². The largest absolute Gasteiger partial charge is 0.351 e. The molecular weight excluding hydrogens is 434 g/mol. The molecule has 0 aliphatic rings. The second-order valence-electron chi connectivity index (χ2n) is 16.1. The fraction of sp³-hybridized carbons (Fsp3) is 0.903. The number of carbonyl (C=O) groups is 3. The SMILES string of the molecule is CC(C)(CCC(=O)C(C)(C)C)CCC(C)(C)C(=O)CC(C)(C)CCC(C)(C)CC(=O)NC(C)(C)C. The van der Waals surface area contributed by atoms with Crippen LogP contribution >= 0.6 is 0 Å². The van der Waals surface area contributed by atoms with Gasteiger partial charge in [0, 0.05) is 35.6 Å². The molecule has 0 saturated carbocycles. The minimum atomic E-state index is -0.384. The van der Waals surface area contributed by atoms with E-state index in [-0.39, 0.29) is 38.5 Å². The van der Waals surface area contributed by atoms with Crippen molar-refractivity contribution in [3.8, 4) is 0 Å². The van der Waals surface area contributed by atoms with Gasteiger partial charge in [-0.2, -0.15) is 0 Å². The first-order chi connectivity index (χ1) is 15.3. The van der Waals surface area contributed by atoms with E-state index in [2.05, 4.69) is 60.7 Å². The highest BCUT2D eigenvalue weighted by molar-refractivity contribution is 5.84. The van der Waals surface area contributed by atoms with E-state index in [0.717, 1.165) is 32.1 Å². The van der Waals surface area contributed by atoms with Crippen molar-refractivity contribution in [3.63, 3.8) is 0 Å². The van der Waals surface area contributed by atoms with Gasteiger partial charge in [-0.05, 0) is 69.1 Å². The molecule has 0 saturated heterocycles. The van der Waals surface area contributed by atoms with E-state index in [1.165, 1.54) is 0 Å². The van der Waals surface area contributed by atoms with Gasteiger partial charge in [0.05, 0.1) is 0 Å². The smallest absolute Gasteiger partial charge is 0.220 e. The van der Waals surface area contributed by atoms with Gasteiger partial charge in [-0.15, -0.1) is 0 Å². The number of hydrogen-bond acceptors (Lipinski definition) is 3. The second kappa shape index (κ2) is 11.9. The average molecular weight is 494 g/mol. The van der Waals surface area contributed by atoms with Crippen LogP contribution in [0.25, 0.3) is 0 Å². The zero-order chi connectivity index (χ0) is 28.1. The molecule has 0 rings (SSSR count). The van der Waals surface area contributed by atoms with Gasteiger partial charge in [0.15, 0.2) is 0 Å². The standard InChI is InChI=1S/C31H59NO3/c1-26(2,3)23(33)15-16-28(7,8)19-20-31(13,14)24(34)21-29(9,10)17-18-30(11,12)22-25(35)32-27(4,5)6/h15-22H2,1-14H3,(H,32,35). The highest BCUT2D eigenvalue weighted by Gasteiger charge is 2.35. The summed E-state index contributed by atoms with van der Waals surface area (Å²) in [7, 11) is 0. The maximum atomic E-state index is 13.3. The highest BCUT2D eigenvalue weighted by atomic mass is 16.2. The number of ketones is 2. The van der Waals surface area contributed by atoms with E-state index >= 15 is 0 Å². The van der Waals surface area contributed by atoms with Crippen LogP contribution in [0.1, 0.15) is 148 Å². The summed E-state index contributed by atoms with van der Waals surface area (Å²) in [5.41, 5.74) is -1.08. The van der Waals surface area contributed by atoms with Crippen LogP contribution in [-0.4, -0.2) is 23.0 Å². The molecule has 0 bridgehead atoms. The molecule has 0 atom stereocenters. The summed E-state index contributed by atoms with van der Waals surface area (Å²) in [6.07, 6.45) is 6.07. The maximum Gasteiger partial charge on any atom is 0.220 e. The van der Waals surface area contributed by atoms with E-state index < -0.39 is 0 Å². The van der Waals surface area contributed by atoms with Crippen LogP contribution in [-0.2, 0) is 14.4 Å². The molecule has 35 heavy (non-hydrogen) atoms. The summed E-state index contributed by atoms with van der Waals surface area (Å²) in [6, 6.07) is 0. The molecule has 0 heterocycles. The zero-order valence-corrected chi connectivity index (χ0v) is 25.9. The maximum absolute atomic E-state index is 13.3. The van der Waals surface area contributed by atoms with E-state index in [1.807, 2.05) is 41.5 Å². The summed E-state index contributed by atoms with van der Waals surface area (Å²) in [5, 5.41) is 3.06. The van der Waals surface area contributed by atoms with Crippen molar-refractivity contribution in [1.82, 2.24) is 5.32 Å². The molecule has 1 amide bonds. The lowest BCUT2D eigenvalue weighted by Crippen LogP contribution is -2.42. The summed E-state index contributed by atoms with van der Waals surface area (Å²) in [6.45, 7) is 29.1. The van der Waals surface area contributed by atoms with Crippen LogP contribution in [0.4, 0.5) is 0 Å². The second-order valence-corrected chi connectivity index (χ2v) is 16.1. The number of hydrogen-bond donors (Lipinski definition) is 1.